The molecule has 0 saturated carbocycles. The van der Waals surface area contributed by atoms with Crippen LogP contribution in [-0.4, -0.2) is 21.8 Å². The van der Waals surface area contributed by atoms with Crippen LogP contribution in [0.15, 0.2) is 29.2 Å². The molecule has 2 rings (SSSR count). The summed E-state index contributed by atoms with van der Waals surface area (Å²) >= 11 is 1.73. The number of nitrogens with one attached hydrogen (secondary N) is 1. The highest BCUT2D eigenvalue weighted by atomic mass is 32.2. The van der Waals surface area contributed by atoms with Gasteiger partial charge >= 0.3 is 5.97 Å². The Hall–Kier alpha value is -1.42. The molecule has 1 aromatic heterocycles. The lowest BCUT2D eigenvalue weighted by atomic mass is 10.2. The topological polar surface area (TPSA) is 53.1 Å². The van der Waals surface area contributed by atoms with Gasteiger partial charge < -0.3 is 10.1 Å². The minimum Gasteiger partial charge on any atom is -0.481 e. The normalized spacial score (nSPS) is 10.9. The van der Waals surface area contributed by atoms with Crippen molar-refractivity contribution in [3.63, 3.8) is 0 Å². The average Bonchev–Trinajstić information content (AvgIpc) is 2.60. The van der Waals surface area contributed by atoms with Gasteiger partial charge in [-0.1, -0.05) is 18.2 Å². The van der Waals surface area contributed by atoms with Gasteiger partial charge in [0.25, 0.3) is 0 Å². The molecule has 2 aromatic rings. The molecule has 0 aliphatic rings. The second kappa shape index (κ2) is 5.27. The maximum atomic E-state index is 10.4. The van der Waals surface area contributed by atoms with Crippen LogP contribution in [0.3, 0.4) is 0 Å². The van der Waals surface area contributed by atoms with Crippen LogP contribution in [0, 0.1) is 6.92 Å². The third kappa shape index (κ3) is 2.82. The first-order chi connectivity index (χ1) is 8.18. The van der Waals surface area contributed by atoms with Crippen molar-refractivity contribution in [2.24, 2.45) is 0 Å². The maximum absolute atomic E-state index is 10.4. The summed E-state index contributed by atoms with van der Waals surface area (Å²) in [4.78, 5) is 15.0. The maximum Gasteiger partial charge on any atom is 0.303 e. The quantitative estimate of drug-likeness (QED) is 0.630. The summed E-state index contributed by atoms with van der Waals surface area (Å²) in [6, 6.07) is 8.19. The number of carboxylic acids is 1. The predicted molar refractivity (Wildman–Crippen MR) is 70.6 cm³/mol. The van der Waals surface area contributed by atoms with Crippen molar-refractivity contribution in [1.29, 1.82) is 0 Å². The van der Waals surface area contributed by atoms with Gasteiger partial charge in [0.1, 0.15) is 0 Å². The SMILES string of the molecule is Cc1[nH]c2ccccc2c1SCCCC(=O)O. The lowest BCUT2D eigenvalue weighted by Gasteiger charge is -2.00. The van der Waals surface area contributed by atoms with Crippen molar-refractivity contribution in [2.75, 3.05) is 5.75 Å². The van der Waals surface area contributed by atoms with E-state index in [0.717, 1.165) is 17.0 Å². The van der Waals surface area contributed by atoms with Gasteiger partial charge in [0, 0.05) is 27.9 Å². The highest BCUT2D eigenvalue weighted by molar-refractivity contribution is 7.99. The number of aryl methyl sites for hydroxylation is 1. The molecule has 2 N–H and O–H groups in total. The monoisotopic (exact) mass is 249 g/mol. The van der Waals surface area contributed by atoms with Crippen molar-refractivity contribution in [1.82, 2.24) is 4.98 Å². The summed E-state index contributed by atoms with van der Waals surface area (Å²) in [7, 11) is 0. The second-order valence-electron chi connectivity index (χ2n) is 3.97. The number of benzene rings is 1. The van der Waals surface area contributed by atoms with E-state index < -0.39 is 5.97 Å². The van der Waals surface area contributed by atoms with E-state index in [1.807, 2.05) is 12.1 Å². The lowest BCUT2D eigenvalue weighted by molar-refractivity contribution is -0.137. The van der Waals surface area contributed by atoms with Crippen molar-refractivity contribution < 1.29 is 9.90 Å². The zero-order valence-electron chi connectivity index (χ0n) is 9.69. The van der Waals surface area contributed by atoms with E-state index in [0.29, 0.717) is 6.42 Å². The zero-order chi connectivity index (χ0) is 12.3. The van der Waals surface area contributed by atoms with Gasteiger partial charge in [0.2, 0.25) is 0 Å². The molecule has 17 heavy (non-hydrogen) atoms. The molecule has 0 saturated heterocycles. The fraction of sp³-hybridized carbons (Fsp3) is 0.308. The highest BCUT2D eigenvalue weighted by Gasteiger charge is 2.08. The van der Waals surface area contributed by atoms with Crippen LogP contribution in [0.1, 0.15) is 18.5 Å². The van der Waals surface area contributed by atoms with Gasteiger partial charge in [-0.3, -0.25) is 4.79 Å². The number of H-pyrrole nitrogens is 1. The van der Waals surface area contributed by atoms with E-state index in [9.17, 15) is 4.79 Å². The van der Waals surface area contributed by atoms with Crippen LogP contribution in [0.5, 0.6) is 0 Å². The lowest BCUT2D eigenvalue weighted by Crippen LogP contribution is -1.94. The van der Waals surface area contributed by atoms with E-state index >= 15 is 0 Å². The Morgan fingerprint density at radius 1 is 1.41 bits per heavy atom. The molecular weight excluding hydrogens is 234 g/mol. The Bertz CT molecular complexity index is 533. The van der Waals surface area contributed by atoms with Gasteiger partial charge in [-0.15, -0.1) is 11.8 Å². The van der Waals surface area contributed by atoms with Crippen molar-refractivity contribution >= 4 is 28.6 Å². The molecular formula is C13H15NO2S. The van der Waals surface area contributed by atoms with Crippen LogP contribution in [0.2, 0.25) is 0 Å². The van der Waals surface area contributed by atoms with E-state index in [4.69, 9.17) is 5.11 Å². The van der Waals surface area contributed by atoms with Gasteiger partial charge in [0.05, 0.1) is 0 Å². The smallest absolute Gasteiger partial charge is 0.303 e. The van der Waals surface area contributed by atoms with Crippen LogP contribution >= 0.6 is 11.8 Å². The predicted octanol–water partition coefficient (Wildman–Crippen LogP) is 3.43. The number of para-hydroxylation sites is 1. The summed E-state index contributed by atoms with van der Waals surface area (Å²) in [5, 5.41) is 9.81. The van der Waals surface area contributed by atoms with Gasteiger partial charge in [-0.05, 0) is 25.2 Å². The third-order valence-corrected chi connectivity index (χ3v) is 3.92. The molecule has 0 amide bonds. The van der Waals surface area contributed by atoms with Crippen molar-refractivity contribution in [2.45, 2.75) is 24.7 Å². The first-order valence-corrected chi connectivity index (χ1v) is 6.59. The summed E-state index contributed by atoms with van der Waals surface area (Å²) in [5.41, 5.74) is 2.30. The molecule has 4 heteroatoms. The number of carboxylic acid groups (broad SMARTS) is 1. The van der Waals surface area contributed by atoms with E-state index in [1.165, 1.54) is 10.3 Å². The van der Waals surface area contributed by atoms with Crippen molar-refractivity contribution in [3.8, 4) is 0 Å². The standard InChI is InChI=1S/C13H15NO2S/c1-9-13(17-8-4-7-12(15)16)10-5-2-3-6-11(10)14-9/h2-3,5-6,14H,4,7-8H2,1H3,(H,15,16). The molecule has 0 bridgehead atoms. The number of hydrogen-bond acceptors (Lipinski definition) is 2. The molecule has 0 fully saturated rings. The molecule has 1 aromatic carbocycles. The molecule has 0 aliphatic carbocycles. The van der Waals surface area contributed by atoms with Crippen LogP contribution in [0.4, 0.5) is 0 Å². The van der Waals surface area contributed by atoms with Crippen molar-refractivity contribution in [3.05, 3.63) is 30.0 Å². The highest BCUT2D eigenvalue weighted by Crippen LogP contribution is 2.31. The second-order valence-corrected chi connectivity index (χ2v) is 5.08. The summed E-state index contributed by atoms with van der Waals surface area (Å²) in [6.07, 6.45) is 0.952. The Morgan fingerprint density at radius 3 is 2.94 bits per heavy atom. The largest absolute Gasteiger partial charge is 0.481 e. The minimum atomic E-state index is -0.721. The van der Waals surface area contributed by atoms with E-state index in [1.54, 1.807) is 11.8 Å². The molecule has 1 heterocycles. The summed E-state index contributed by atoms with van der Waals surface area (Å²) in [5.74, 6) is 0.121. The first kappa shape index (κ1) is 12.0. The minimum absolute atomic E-state index is 0.244. The molecule has 3 nitrogen and oxygen atoms in total. The van der Waals surface area contributed by atoms with Crippen LogP contribution in [0.25, 0.3) is 10.9 Å². The number of fused-ring (bicyclic) bond motifs is 1. The Labute approximate surface area is 104 Å². The van der Waals surface area contributed by atoms with Gasteiger partial charge in [-0.25, -0.2) is 0 Å². The number of aromatic nitrogens is 1. The van der Waals surface area contributed by atoms with Gasteiger partial charge in [-0.2, -0.15) is 0 Å². The fourth-order valence-corrected chi connectivity index (χ4v) is 2.93. The van der Waals surface area contributed by atoms with Crippen LogP contribution < -0.4 is 0 Å². The molecule has 0 radical (unpaired) electrons. The number of rotatable bonds is 5. The number of thioether (sulfide) groups is 1. The van der Waals surface area contributed by atoms with E-state index in [2.05, 4.69) is 24.0 Å². The Kier molecular flexibility index (Phi) is 3.74. The third-order valence-electron chi connectivity index (χ3n) is 2.62. The number of hydrogen-bond donors (Lipinski definition) is 2. The van der Waals surface area contributed by atoms with E-state index in [-0.39, 0.29) is 6.42 Å². The number of carbonyl (C=O) groups is 1. The number of aliphatic carboxylic acids is 1. The zero-order valence-corrected chi connectivity index (χ0v) is 10.5. The summed E-state index contributed by atoms with van der Waals surface area (Å²) < 4.78 is 0. The molecule has 0 aliphatic heterocycles. The molecule has 0 unspecified atom stereocenters. The van der Waals surface area contributed by atoms with Gasteiger partial charge in [0.15, 0.2) is 0 Å². The molecule has 90 valence electrons. The average molecular weight is 249 g/mol. The summed E-state index contributed by atoms with van der Waals surface area (Å²) in [6.45, 7) is 2.06. The Balaban J connectivity index is 2.07. The molecule has 0 spiro atoms. The Morgan fingerprint density at radius 2 is 2.18 bits per heavy atom. The molecule has 0 atom stereocenters. The first-order valence-electron chi connectivity index (χ1n) is 5.60. The fourth-order valence-electron chi connectivity index (χ4n) is 1.83. The van der Waals surface area contributed by atoms with Crippen LogP contribution in [-0.2, 0) is 4.79 Å². The number of aromatic amines is 1.